The Morgan fingerprint density at radius 3 is 2.69 bits per heavy atom. The summed E-state index contributed by atoms with van der Waals surface area (Å²) in [7, 11) is -2.78. The van der Waals surface area contributed by atoms with Gasteiger partial charge in [-0.15, -0.1) is 0 Å². The number of pyridine rings is 1. The zero-order valence-electron chi connectivity index (χ0n) is 9.31. The molecule has 0 spiro atoms. The molecule has 16 heavy (non-hydrogen) atoms. The fraction of sp³-hybridized carbons (Fsp3) is 0.545. The molecule has 0 saturated carbocycles. The first-order valence-electron chi connectivity index (χ1n) is 5.45. The first-order valence-corrected chi connectivity index (χ1v) is 7.27. The van der Waals surface area contributed by atoms with Crippen molar-refractivity contribution in [3.8, 4) is 0 Å². The molecular weight excluding hydrogens is 224 g/mol. The van der Waals surface area contributed by atoms with E-state index in [0.29, 0.717) is 12.8 Å². The summed E-state index contributed by atoms with van der Waals surface area (Å²) in [6.07, 6.45) is 3.12. The smallest absolute Gasteiger partial charge is 0.150 e. The highest BCUT2D eigenvalue weighted by Crippen LogP contribution is 2.16. The zero-order chi connectivity index (χ0) is 11.6. The highest BCUT2D eigenvalue weighted by atomic mass is 32.2. The fourth-order valence-electron chi connectivity index (χ4n) is 1.86. The molecule has 0 unspecified atom stereocenters. The molecule has 2 rings (SSSR count). The van der Waals surface area contributed by atoms with Crippen LogP contribution in [-0.2, 0) is 9.84 Å². The lowest BCUT2D eigenvalue weighted by molar-refractivity contribution is 0.559. The molecular formula is C11H16N2O2S. The number of sulfone groups is 1. The molecule has 1 aliphatic heterocycles. The molecule has 0 bridgehead atoms. The second-order valence-corrected chi connectivity index (χ2v) is 6.59. The van der Waals surface area contributed by atoms with E-state index in [4.69, 9.17) is 0 Å². The van der Waals surface area contributed by atoms with Crippen LogP contribution in [0, 0.1) is 6.92 Å². The molecule has 5 heteroatoms. The van der Waals surface area contributed by atoms with Crippen LogP contribution in [0.15, 0.2) is 18.3 Å². The normalized spacial score (nSPS) is 20.6. The predicted octanol–water partition coefficient (Wildman–Crippen LogP) is 1.38. The van der Waals surface area contributed by atoms with Crippen molar-refractivity contribution in [2.24, 2.45) is 0 Å². The molecule has 0 radical (unpaired) electrons. The van der Waals surface area contributed by atoms with Crippen molar-refractivity contribution in [3.63, 3.8) is 0 Å². The van der Waals surface area contributed by atoms with Crippen LogP contribution in [0.3, 0.4) is 0 Å². The monoisotopic (exact) mass is 240 g/mol. The molecule has 1 aromatic heterocycles. The number of nitrogens with one attached hydrogen (secondary N) is 1. The fourth-order valence-corrected chi connectivity index (χ4v) is 3.35. The van der Waals surface area contributed by atoms with Crippen LogP contribution < -0.4 is 5.32 Å². The quantitative estimate of drug-likeness (QED) is 0.848. The van der Waals surface area contributed by atoms with Crippen LogP contribution in [0.2, 0.25) is 0 Å². The van der Waals surface area contributed by atoms with Crippen molar-refractivity contribution < 1.29 is 8.42 Å². The lowest BCUT2D eigenvalue weighted by atomic mass is 10.1. The number of aryl methyl sites for hydroxylation is 1. The summed E-state index contributed by atoms with van der Waals surface area (Å²) < 4.78 is 22.5. The average Bonchev–Trinajstić information content (AvgIpc) is 2.21. The van der Waals surface area contributed by atoms with Gasteiger partial charge < -0.3 is 5.32 Å². The summed E-state index contributed by atoms with van der Waals surface area (Å²) in [4.78, 5) is 4.21. The highest BCUT2D eigenvalue weighted by Gasteiger charge is 2.23. The van der Waals surface area contributed by atoms with Gasteiger partial charge in [-0.25, -0.2) is 13.4 Å². The van der Waals surface area contributed by atoms with Gasteiger partial charge in [0.1, 0.15) is 15.7 Å². The number of aromatic nitrogens is 1. The minimum absolute atomic E-state index is 0.234. The Kier molecular flexibility index (Phi) is 3.14. The van der Waals surface area contributed by atoms with Gasteiger partial charge in [-0.05, 0) is 37.5 Å². The van der Waals surface area contributed by atoms with Crippen LogP contribution >= 0.6 is 0 Å². The molecule has 1 aromatic rings. The molecule has 0 aromatic carbocycles. The van der Waals surface area contributed by atoms with Crippen molar-refractivity contribution in [2.45, 2.75) is 25.8 Å². The number of anilines is 1. The molecule has 4 nitrogen and oxygen atoms in total. The second-order valence-electron chi connectivity index (χ2n) is 4.29. The van der Waals surface area contributed by atoms with Gasteiger partial charge in [-0.3, -0.25) is 0 Å². The maximum atomic E-state index is 11.3. The van der Waals surface area contributed by atoms with E-state index in [-0.39, 0.29) is 17.5 Å². The minimum atomic E-state index is -2.78. The first-order chi connectivity index (χ1) is 7.55. The van der Waals surface area contributed by atoms with Crippen molar-refractivity contribution in [1.29, 1.82) is 0 Å². The topological polar surface area (TPSA) is 59.1 Å². The summed E-state index contributed by atoms with van der Waals surface area (Å²) in [6, 6.07) is 4.15. The Bertz CT molecular complexity index is 457. The summed E-state index contributed by atoms with van der Waals surface area (Å²) in [5.74, 6) is 1.41. The maximum absolute atomic E-state index is 11.3. The summed E-state index contributed by atoms with van der Waals surface area (Å²) in [5, 5.41) is 3.28. The Balaban J connectivity index is 1.97. The van der Waals surface area contributed by atoms with Crippen molar-refractivity contribution >= 4 is 15.7 Å². The van der Waals surface area contributed by atoms with Crippen LogP contribution in [0.25, 0.3) is 0 Å². The van der Waals surface area contributed by atoms with E-state index < -0.39 is 9.84 Å². The Hall–Kier alpha value is -1.10. The van der Waals surface area contributed by atoms with Gasteiger partial charge in [0.2, 0.25) is 0 Å². The van der Waals surface area contributed by atoms with Gasteiger partial charge in [0.25, 0.3) is 0 Å². The standard InChI is InChI=1S/C11H16N2O2S/c1-9-2-5-12-11(8-9)13-10-3-6-16(14,15)7-4-10/h2,5,8,10H,3-4,6-7H2,1H3,(H,12,13). The Morgan fingerprint density at radius 2 is 2.06 bits per heavy atom. The third-order valence-corrected chi connectivity index (χ3v) is 4.54. The summed E-state index contributed by atoms with van der Waals surface area (Å²) in [5.41, 5.74) is 1.15. The highest BCUT2D eigenvalue weighted by molar-refractivity contribution is 7.91. The van der Waals surface area contributed by atoms with E-state index in [1.807, 2.05) is 19.1 Å². The van der Waals surface area contributed by atoms with E-state index >= 15 is 0 Å². The first kappa shape index (κ1) is 11.4. The van der Waals surface area contributed by atoms with Crippen molar-refractivity contribution in [3.05, 3.63) is 23.9 Å². The number of rotatable bonds is 2. The van der Waals surface area contributed by atoms with Crippen LogP contribution in [0.4, 0.5) is 5.82 Å². The third kappa shape index (κ3) is 2.95. The van der Waals surface area contributed by atoms with Crippen LogP contribution in [0.1, 0.15) is 18.4 Å². The summed E-state index contributed by atoms with van der Waals surface area (Å²) in [6.45, 7) is 2.01. The molecule has 1 fully saturated rings. The van der Waals surface area contributed by atoms with Crippen LogP contribution in [0.5, 0.6) is 0 Å². The zero-order valence-corrected chi connectivity index (χ0v) is 10.1. The molecule has 2 heterocycles. The lowest BCUT2D eigenvalue weighted by Crippen LogP contribution is -2.32. The molecule has 0 atom stereocenters. The molecule has 0 aliphatic carbocycles. The van der Waals surface area contributed by atoms with Gasteiger partial charge >= 0.3 is 0 Å². The van der Waals surface area contributed by atoms with Crippen LogP contribution in [-0.4, -0.2) is 30.9 Å². The average molecular weight is 240 g/mol. The van der Waals surface area contributed by atoms with E-state index in [0.717, 1.165) is 11.4 Å². The number of nitrogens with zero attached hydrogens (tertiary/aromatic N) is 1. The van der Waals surface area contributed by atoms with Gasteiger partial charge in [-0.1, -0.05) is 0 Å². The Morgan fingerprint density at radius 1 is 1.38 bits per heavy atom. The van der Waals surface area contributed by atoms with Crippen molar-refractivity contribution in [1.82, 2.24) is 4.98 Å². The molecule has 1 N–H and O–H groups in total. The number of hydrogen-bond acceptors (Lipinski definition) is 4. The van der Waals surface area contributed by atoms with E-state index in [1.165, 1.54) is 0 Å². The largest absolute Gasteiger partial charge is 0.367 e. The second kappa shape index (κ2) is 4.41. The molecule has 1 aliphatic rings. The van der Waals surface area contributed by atoms with Gasteiger partial charge in [0.05, 0.1) is 11.5 Å². The van der Waals surface area contributed by atoms with E-state index in [2.05, 4.69) is 10.3 Å². The maximum Gasteiger partial charge on any atom is 0.150 e. The Labute approximate surface area is 96.0 Å². The lowest BCUT2D eigenvalue weighted by Gasteiger charge is -2.23. The minimum Gasteiger partial charge on any atom is -0.367 e. The number of hydrogen-bond donors (Lipinski definition) is 1. The third-order valence-electron chi connectivity index (χ3n) is 2.82. The van der Waals surface area contributed by atoms with Gasteiger partial charge in [0, 0.05) is 12.2 Å². The van der Waals surface area contributed by atoms with E-state index in [1.54, 1.807) is 6.20 Å². The molecule has 0 amide bonds. The SMILES string of the molecule is Cc1ccnc(NC2CCS(=O)(=O)CC2)c1. The molecule has 1 saturated heterocycles. The van der Waals surface area contributed by atoms with Crippen molar-refractivity contribution in [2.75, 3.05) is 16.8 Å². The van der Waals surface area contributed by atoms with Gasteiger partial charge in [0.15, 0.2) is 0 Å². The predicted molar refractivity (Wildman–Crippen MR) is 64.3 cm³/mol. The summed E-state index contributed by atoms with van der Waals surface area (Å²) >= 11 is 0. The van der Waals surface area contributed by atoms with E-state index in [9.17, 15) is 8.42 Å². The molecule has 88 valence electrons. The van der Waals surface area contributed by atoms with Gasteiger partial charge in [-0.2, -0.15) is 0 Å².